The van der Waals surface area contributed by atoms with Gasteiger partial charge in [0.2, 0.25) is 0 Å². The molecule has 0 spiro atoms. The first-order chi connectivity index (χ1) is 5.54. The molecule has 12 heavy (non-hydrogen) atoms. The number of aromatic nitrogens is 2. The van der Waals surface area contributed by atoms with Crippen molar-refractivity contribution in [2.75, 3.05) is 0 Å². The van der Waals surface area contributed by atoms with E-state index in [1.165, 1.54) is 0 Å². The number of terminal acetylenes is 1. The van der Waals surface area contributed by atoms with Gasteiger partial charge >= 0.3 is 0 Å². The predicted molar refractivity (Wildman–Crippen MR) is 48.7 cm³/mol. The minimum atomic E-state index is 0.0138. The molecule has 0 bridgehead atoms. The number of hydrogen-bond donors (Lipinski definition) is 0. The van der Waals surface area contributed by atoms with Gasteiger partial charge in [-0.1, -0.05) is 20.8 Å². The molecule has 1 aromatic heterocycles. The van der Waals surface area contributed by atoms with Crippen LogP contribution in [0.4, 0.5) is 0 Å². The Bertz CT molecular complexity index is 315. The fraction of sp³-hybridized carbons (Fsp3) is 0.400. The van der Waals surface area contributed by atoms with Crippen LogP contribution in [-0.2, 0) is 5.41 Å². The topological polar surface area (TPSA) is 25.8 Å². The van der Waals surface area contributed by atoms with Crippen LogP contribution in [0.15, 0.2) is 12.4 Å². The van der Waals surface area contributed by atoms with E-state index in [0.717, 1.165) is 5.69 Å². The van der Waals surface area contributed by atoms with Gasteiger partial charge in [0, 0.05) is 11.6 Å². The molecule has 0 amide bonds. The number of hydrogen-bond acceptors (Lipinski definition) is 2. The maximum Gasteiger partial charge on any atom is 0.131 e. The van der Waals surface area contributed by atoms with Crippen LogP contribution in [0.1, 0.15) is 32.2 Å². The van der Waals surface area contributed by atoms with Gasteiger partial charge in [-0.25, -0.2) is 4.98 Å². The highest BCUT2D eigenvalue weighted by Gasteiger charge is 2.15. The normalized spacial score (nSPS) is 10.8. The average Bonchev–Trinajstić information content (AvgIpc) is 2.03. The lowest BCUT2D eigenvalue weighted by atomic mass is 9.93. The van der Waals surface area contributed by atoms with Gasteiger partial charge in [-0.15, -0.1) is 6.42 Å². The fourth-order valence-corrected chi connectivity index (χ4v) is 0.797. The first-order valence-corrected chi connectivity index (χ1v) is 3.83. The summed E-state index contributed by atoms with van der Waals surface area (Å²) in [5.41, 5.74) is 1.54. The number of nitrogens with zero attached hydrogens (tertiary/aromatic N) is 2. The fourth-order valence-electron chi connectivity index (χ4n) is 0.797. The van der Waals surface area contributed by atoms with Crippen LogP contribution in [0.5, 0.6) is 0 Å². The summed E-state index contributed by atoms with van der Waals surface area (Å²) < 4.78 is 0. The van der Waals surface area contributed by atoms with Gasteiger partial charge in [-0.3, -0.25) is 4.98 Å². The Hall–Kier alpha value is -1.36. The quantitative estimate of drug-likeness (QED) is 0.540. The van der Waals surface area contributed by atoms with E-state index in [0.29, 0.717) is 5.69 Å². The van der Waals surface area contributed by atoms with Gasteiger partial charge < -0.3 is 0 Å². The van der Waals surface area contributed by atoms with Crippen molar-refractivity contribution in [1.82, 2.24) is 9.97 Å². The smallest absolute Gasteiger partial charge is 0.131 e. The summed E-state index contributed by atoms with van der Waals surface area (Å²) in [7, 11) is 0. The third-order valence-electron chi connectivity index (χ3n) is 1.55. The van der Waals surface area contributed by atoms with Crippen molar-refractivity contribution in [3.8, 4) is 12.3 Å². The summed E-state index contributed by atoms with van der Waals surface area (Å²) in [6, 6.07) is 0. The van der Waals surface area contributed by atoms with Crippen LogP contribution in [0.3, 0.4) is 0 Å². The molecule has 0 fully saturated rings. The lowest BCUT2D eigenvalue weighted by molar-refractivity contribution is 0.564. The Balaban J connectivity index is 3.13. The summed E-state index contributed by atoms with van der Waals surface area (Å²) in [6.45, 7) is 6.24. The third-order valence-corrected chi connectivity index (χ3v) is 1.55. The second-order valence-corrected chi connectivity index (χ2v) is 3.68. The highest BCUT2D eigenvalue weighted by Crippen LogP contribution is 2.18. The predicted octanol–water partition coefficient (Wildman–Crippen LogP) is 1.76. The second-order valence-electron chi connectivity index (χ2n) is 3.68. The van der Waals surface area contributed by atoms with Crippen molar-refractivity contribution in [1.29, 1.82) is 0 Å². The second kappa shape index (κ2) is 2.94. The Labute approximate surface area is 73.1 Å². The van der Waals surface area contributed by atoms with Crippen LogP contribution >= 0.6 is 0 Å². The molecule has 0 saturated carbocycles. The zero-order chi connectivity index (χ0) is 9.19. The Morgan fingerprint density at radius 3 is 2.50 bits per heavy atom. The first kappa shape index (κ1) is 8.73. The monoisotopic (exact) mass is 160 g/mol. The summed E-state index contributed by atoms with van der Waals surface area (Å²) in [6.07, 6.45) is 8.55. The molecule has 0 unspecified atom stereocenters. The van der Waals surface area contributed by atoms with Gasteiger partial charge in [0.15, 0.2) is 0 Å². The SMILES string of the molecule is C#Cc1cncc(C(C)(C)C)n1. The molecule has 1 heterocycles. The molecule has 2 heteroatoms. The van der Waals surface area contributed by atoms with Crippen molar-refractivity contribution in [2.24, 2.45) is 0 Å². The summed E-state index contributed by atoms with van der Waals surface area (Å²) in [5, 5.41) is 0. The molecule has 0 aliphatic heterocycles. The van der Waals surface area contributed by atoms with Crippen molar-refractivity contribution in [3.05, 3.63) is 23.8 Å². The van der Waals surface area contributed by atoms with Gasteiger partial charge in [0.1, 0.15) is 5.69 Å². The van der Waals surface area contributed by atoms with Gasteiger partial charge in [0.25, 0.3) is 0 Å². The van der Waals surface area contributed by atoms with E-state index in [4.69, 9.17) is 6.42 Å². The Morgan fingerprint density at radius 1 is 1.33 bits per heavy atom. The molecule has 2 nitrogen and oxygen atoms in total. The molecule has 0 radical (unpaired) electrons. The molecule has 0 aliphatic rings. The minimum absolute atomic E-state index is 0.0138. The van der Waals surface area contributed by atoms with Crippen molar-refractivity contribution in [2.45, 2.75) is 26.2 Å². The van der Waals surface area contributed by atoms with Gasteiger partial charge in [-0.2, -0.15) is 0 Å². The van der Waals surface area contributed by atoms with E-state index < -0.39 is 0 Å². The van der Waals surface area contributed by atoms with Crippen LogP contribution in [0.25, 0.3) is 0 Å². The zero-order valence-electron chi connectivity index (χ0n) is 7.63. The van der Waals surface area contributed by atoms with Crippen LogP contribution in [0.2, 0.25) is 0 Å². The lowest BCUT2D eigenvalue weighted by Gasteiger charge is -2.16. The summed E-state index contributed by atoms with van der Waals surface area (Å²) in [5.74, 6) is 2.47. The Morgan fingerprint density at radius 2 is 2.00 bits per heavy atom. The zero-order valence-corrected chi connectivity index (χ0v) is 7.63. The third kappa shape index (κ3) is 1.82. The number of rotatable bonds is 0. The van der Waals surface area contributed by atoms with E-state index in [-0.39, 0.29) is 5.41 Å². The average molecular weight is 160 g/mol. The molecule has 0 N–H and O–H groups in total. The molecule has 1 rings (SSSR count). The molecule has 0 aliphatic carbocycles. The van der Waals surface area contributed by atoms with Crippen LogP contribution in [0, 0.1) is 12.3 Å². The molecule has 0 aromatic carbocycles. The minimum Gasteiger partial charge on any atom is -0.260 e. The molecule has 1 aromatic rings. The molecular formula is C10H12N2. The highest BCUT2D eigenvalue weighted by atomic mass is 14.8. The first-order valence-electron chi connectivity index (χ1n) is 3.83. The van der Waals surface area contributed by atoms with E-state index in [2.05, 4.69) is 36.7 Å². The molecule has 0 saturated heterocycles. The lowest BCUT2D eigenvalue weighted by Crippen LogP contribution is -2.14. The van der Waals surface area contributed by atoms with Crippen LogP contribution in [-0.4, -0.2) is 9.97 Å². The van der Waals surface area contributed by atoms with E-state index in [1.54, 1.807) is 12.4 Å². The van der Waals surface area contributed by atoms with Gasteiger partial charge in [0.05, 0.1) is 11.9 Å². The van der Waals surface area contributed by atoms with Crippen molar-refractivity contribution in [3.63, 3.8) is 0 Å². The van der Waals surface area contributed by atoms with E-state index >= 15 is 0 Å². The Kier molecular flexibility index (Phi) is 2.14. The maximum absolute atomic E-state index is 5.21. The summed E-state index contributed by atoms with van der Waals surface area (Å²) >= 11 is 0. The van der Waals surface area contributed by atoms with E-state index in [1.807, 2.05) is 0 Å². The van der Waals surface area contributed by atoms with Crippen LogP contribution < -0.4 is 0 Å². The molecule has 0 atom stereocenters. The van der Waals surface area contributed by atoms with Crippen molar-refractivity contribution < 1.29 is 0 Å². The molecule has 62 valence electrons. The highest BCUT2D eigenvalue weighted by molar-refractivity contribution is 5.23. The van der Waals surface area contributed by atoms with E-state index in [9.17, 15) is 0 Å². The maximum atomic E-state index is 5.21. The summed E-state index contributed by atoms with van der Waals surface area (Å²) in [4.78, 5) is 8.28. The van der Waals surface area contributed by atoms with Crippen molar-refractivity contribution >= 4 is 0 Å². The standard InChI is InChI=1S/C10H12N2/c1-5-8-6-11-7-9(12-8)10(2,3)4/h1,6-7H,2-4H3. The largest absolute Gasteiger partial charge is 0.260 e. The van der Waals surface area contributed by atoms with Gasteiger partial charge in [-0.05, 0) is 5.92 Å². The molecular weight excluding hydrogens is 148 g/mol.